The van der Waals surface area contributed by atoms with Crippen LogP contribution in [0.1, 0.15) is 72.8 Å². The second-order valence-electron chi connectivity index (χ2n) is 9.35. The summed E-state index contributed by atoms with van der Waals surface area (Å²) in [5, 5.41) is 14.2. The molecule has 1 fully saturated rings. The molecule has 1 aromatic heterocycles. The maximum absolute atomic E-state index is 14.7. The van der Waals surface area contributed by atoms with Crippen molar-refractivity contribution in [2.75, 3.05) is 20.2 Å². The van der Waals surface area contributed by atoms with Crippen molar-refractivity contribution < 1.29 is 23.4 Å². The topological polar surface area (TPSA) is 108 Å². The first-order chi connectivity index (χ1) is 19.1. The van der Waals surface area contributed by atoms with Gasteiger partial charge in [-0.15, -0.1) is 0 Å². The van der Waals surface area contributed by atoms with Crippen LogP contribution in [0.4, 0.5) is 8.78 Å². The molecule has 1 saturated heterocycles. The molecule has 2 unspecified atom stereocenters. The van der Waals surface area contributed by atoms with Gasteiger partial charge in [0, 0.05) is 24.6 Å². The van der Waals surface area contributed by atoms with Crippen molar-refractivity contribution in [2.24, 2.45) is 15.9 Å². The van der Waals surface area contributed by atoms with Crippen molar-refractivity contribution in [3.05, 3.63) is 59.5 Å². The average molecular weight is 562 g/mol. The molecular formula is C30H45F2N5O3. The van der Waals surface area contributed by atoms with Gasteiger partial charge in [0.1, 0.15) is 23.6 Å². The molecule has 1 aromatic rings. The smallest absolute Gasteiger partial charge is 0.303 e. The number of aliphatic imine (C=N–C) groups is 2. The lowest BCUT2D eigenvalue weighted by atomic mass is 10.0. The van der Waals surface area contributed by atoms with Crippen LogP contribution < -0.4 is 10.6 Å². The van der Waals surface area contributed by atoms with E-state index in [4.69, 9.17) is 9.84 Å². The zero-order valence-electron chi connectivity index (χ0n) is 24.8. The normalized spacial score (nSPS) is 20.7. The second kappa shape index (κ2) is 18.8. The number of carbonyl (C=O) groups is 1. The highest BCUT2D eigenvalue weighted by Crippen LogP contribution is 2.22. The van der Waals surface area contributed by atoms with Crippen LogP contribution in [0.5, 0.6) is 0 Å². The number of carboxylic acid groups (broad SMARTS) is 1. The fourth-order valence-corrected chi connectivity index (χ4v) is 3.71. The van der Waals surface area contributed by atoms with Crippen LogP contribution in [-0.2, 0) is 9.53 Å². The molecule has 4 heterocycles. The first-order valence-corrected chi connectivity index (χ1v) is 13.9. The number of allylic oxidation sites excluding steroid dienone is 3. The van der Waals surface area contributed by atoms with Gasteiger partial charge in [0.2, 0.25) is 5.90 Å². The van der Waals surface area contributed by atoms with Gasteiger partial charge in [-0.05, 0) is 75.1 Å². The lowest BCUT2D eigenvalue weighted by molar-refractivity contribution is -0.136. The van der Waals surface area contributed by atoms with E-state index in [2.05, 4.69) is 32.5 Å². The summed E-state index contributed by atoms with van der Waals surface area (Å²) < 4.78 is 33.2. The van der Waals surface area contributed by atoms with E-state index in [-0.39, 0.29) is 18.6 Å². The van der Waals surface area contributed by atoms with Crippen molar-refractivity contribution in [1.29, 1.82) is 0 Å². The molecule has 0 spiro atoms. The van der Waals surface area contributed by atoms with Gasteiger partial charge in [0.25, 0.3) is 0 Å². The molecule has 40 heavy (non-hydrogen) atoms. The van der Waals surface area contributed by atoms with E-state index in [1.165, 1.54) is 44.3 Å². The number of rotatable bonds is 4. The van der Waals surface area contributed by atoms with Crippen molar-refractivity contribution in [3.63, 3.8) is 0 Å². The molecule has 3 aliphatic rings. The Balaban J connectivity index is 0.000000471. The van der Waals surface area contributed by atoms with Crippen LogP contribution in [0.25, 0.3) is 5.57 Å². The van der Waals surface area contributed by atoms with Gasteiger partial charge in [-0.25, -0.2) is 18.8 Å². The molecular weight excluding hydrogens is 516 g/mol. The monoisotopic (exact) mass is 561 g/mol. The van der Waals surface area contributed by atoms with Crippen molar-refractivity contribution >= 4 is 23.3 Å². The van der Waals surface area contributed by atoms with Gasteiger partial charge in [0.15, 0.2) is 0 Å². The summed E-state index contributed by atoms with van der Waals surface area (Å²) in [4.78, 5) is 22.0. The van der Waals surface area contributed by atoms with E-state index in [0.717, 1.165) is 12.1 Å². The summed E-state index contributed by atoms with van der Waals surface area (Å²) >= 11 is 0. The van der Waals surface area contributed by atoms with E-state index in [9.17, 15) is 13.6 Å². The van der Waals surface area contributed by atoms with Crippen molar-refractivity contribution in [3.8, 4) is 0 Å². The molecule has 3 aliphatic heterocycles. The largest absolute Gasteiger partial charge is 0.481 e. The molecule has 222 valence electrons. The van der Waals surface area contributed by atoms with Gasteiger partial charge < -0.3 is 20.5 Å². The number of aromatic nitrogens is 1. The molecule has 4 rings (SSSR count). The predicted molar refractivity (Wildman–Crippen MR) is 159 cm³/mol. The SMILES string of the molecule is CC.CC1CCNCC1.CCC(=O)O.COC1=NC2CC(C=C1)NC(/C(C)=C(F)/C=C(\C)c1cncc(F)c1)=N2. The van der Waals surface area contributed by atoms with Crippen LogP contribution in [-0.4, -0.2) is 60.2 Å². The molecule has 2 bridgehead atoms. The number of fused-ring (bicyclic) bond motifs is 2. The number of methoxy groups -OCH3 is 1. The Hall–Kier alpha value is -3.40. The van der Waals surface area contributed by atoms with E-state index < -0.39 is 17.6 Å². The number of carboxylic acids is 1. The number of piperidine rings is 1. The Labute approximate surface area is 237 Å². The number of halogens is 2. The van der Waals surface area contributed by atoms with Crippen LogP contribution >= 0.6 is 0 Å². The van der Waals surface area contributed by atoms with Crippen LogP contribution in [0.15, 0.2) is 58.1 Å². The number of ether oxygens (including phenoxy) is 1. The standard InChI is InChI=1S/C19H20F2N4O.C6H13N.C3H6O2.C2H6/c1-11(13-7-14(20)10-22-9-13)6-16(21)12(2)19-23-15-4-5-18(26-3)24-17(8-15)25-19;1-6-2-4-7-5-3-6;1-2-3(4)5;1-2/h4-7,9-10,15,17H,8H2,1-3H3,(H,23,25);6-7H,2-5H2,1H3;2H2,1H3,(H,4,5);1-2H3/b11-6+,16-12-;;;. The summed E-state index contributed by atoms with van der Waals surface area (Å²) in [7, 11) is 1.55. The zero-order chi connectivity index (χ0) is 30.1. The number of aliphatic carboxylic acids is 1. The summed E-state index contributed by atoms with van der Waals surface area (Å²) in [5.74, 6) is 0.275. The van der Waals surface area contributed by atoms with Gasteiger partial charge >= 0.3 is 5.97 Å². The molecule has 0 aromatic carbocycles. The Morgan fingerprint density at radius 1 is 1.20 bits per heavy atom. The first-order valence-electron chi connectivity index (χ1n) is 13.9. The molecule has 0 aliphatic carbocycles. The Bertz CT molecular complexity index is 1090. The quantitative estimate of drug-likeness (QED) is 0.385. The zero-order valence-corrected chi connectivity index (χ0v) is 24.8. The van der Waals surface area contributed by atoms with Gasteiger partial charge in [-0.3, -0.25) is 9.78 Å². The Kier molecular flexibility index (Phi) is 16.3. The third-order valence-corrected chi connectivity index (χ3v) is 6.17. The summed E-state index contributed by atoms with van der Waals surface area (Å²) in [6.07, 6.45) is 11.0. The fraction of sp³-hybridized carbons (Fsp3) is 0.533. The lowest BCUT2D eigenvalue weighted by Gasteiger charge is -2.25. The van der Waals surface area contributed by atoms with E-state index in [1.54, 1.807) is 34.0 Å². The number of hydrogen-bond acceptors (Lipinski definition) is 7. The highest BCUT2D eigenvalue weighted by molar-refractivity contribution is 6.00. The van der Waals surface area contributed by atoms with Crippen LogP contribution in [0.3, 0.4) is 0 Å². The summed E-state index contributed by atoms with van der Waals surface area (Å²) in [6, 6.07) is 1.32. The van der Waals surface area contributed by atoms with Gasteiger partial charge in [0.05, 0.1) is 19.3 Å². The molecule has 0 amide bonds. The van der Waals surface area contributed by atoms with E-state index >= 15 is 0 Å². The Morgan fingerprint density at radius 3 is 2.38 bits per heavy atom. The van der Waals surface area contributed by atoms with Gasteiger partial charge in [-0.2, -0.15) is 0 Å². The van der Waals surface area contributed by atoms with Crippen LogP contribution in [0.2, 0.25) is 0 Å². The average Bonchev–Trinajstić information content (AvgIpc) is 3.11. The van der Waals surface area contributed by atoms with E-state index in [1.807, 2.05) is 19.9 Å². The van der Waals surface area contributed by atoms with Crippen LogP contribution in [0, 0.1) is 11.7 Å². The number of pyridine rings is 1. The minimum absolute atomic E-state index is 0.00384. The minimum atomic E-state index is -0.745. The van der Waals surface area contributed by atoms with Gasteiger partial charge in [-0.1, -0.05) is 33.8 Å². The summed E-state index contributed by atoms with van der Waals surface area (Å²) in [6.45, 7) is 13.7. The number of nitrogens with one attached hydrogen (secondary N) is 2. The molecule has 8 nitrogen and oxygen atoms in total. The third kappa shape index (κ3) is 12.6. The minimum Gasteiger partial charge on any atom is -0.481 e. The lowest BCUT2D eigenvalue weighted by Crippen LogP contribution is -2.40. The number of hydrogen-bond donors (Lipinski definition) is 3. The molecule has 0 radical (unpaired) electrons. The highest BCUT2D eigenvalue weighted by Gasteiger charge is 2.25. The first kappa shape index (κ1) is 34.6. The number of amidine groups is 1. The van der Waals surface area contributed by atoms with E-state index in [0.29, 0.717) is 34.9 Å². The molecule has 3 N–H and O–H groups in total. The molecule has 0 saturated carbocycles. The predicted octanol–water partition coefficient (Wildman–Crippen LogP) is 6.08. The molecule has 10 heteroatoms. The van der Waals surface area contributed by atoms with Crippen molar-refractivity contribution in [1.82, 2.24) is 15.6 Å². The number of nitrogens with zero attached hydrogens (tertiary/aromatic N) is 3. The maximum atomic E-state index is 14.7. The van der Waals surface area contributed by atoms with Crippen molar-refractivity contribution in [2.45, 2.75) is 79.4 Å². The summed E-state index contributed by atoms with van der Waals surface area (Å²) in [5.41, 5.74) is 1.47. The second-order valence-corrected chi connectivity index (χ2v) is 9.35. The Morgan fingerprint density at radius 2 is 1.85 bits per heavy atom. The highest BCUT2D eigenvalue weighted by atomic mass is 19.1. The maximum Gasteiger partial charge on any atom is 0.303 e. The fourth-order valence-electron chi connectivity index (χ4n) is 3.71. The molecule has 2 atom stereocenters. The third-order valence-electron chi connectivity index (χ3n) is 6.17.